The fourth-order valence-corrected chi connectivity index (χ4v) is 2.62. The van der Waals surface area contributed by atoms with E-state index in [4.69, 9.17) is 5.21 Å². The second-order valence-electron chi connectivity index (χ2n) is 6.37. The lowest BCUT2D eigenvalue weighted by atomic mass is 10.0. The van der Waals surface area contributed by atoms with Crippen LogP contribution in [0.25, 0.3) is 0 Å². The summed E-state index contributed by atoms with van der Waals surface area (Å²) in [4.78, 5) is 22.9. The molecule has 0 bridgehead atoms. The second kappa shape index (κ2) is 11.7. The van der Waals surface area contributed by atoms with Gasteiger partial charge in [0.25, 0.3) is 0 Å². The van der Waals surface area contributed by atoms with Gasteiger partial charge in [-0.2, -0.15) is 10.2 Å². The number of ketones is 1. The highest BCUT2D eigenvalue weighted by atomic mass is 16.5. The number of Topliss-reactive ketones (excluding diaryl/α,β-unsaturated/α-hetero) is 1. The van der Waals surface area contributed by atoms with E-state index in [1.165, 1.54) is 0 Å². The summed E-state index contributed by atoms with van der Waals surface area (Å²) in [5, 5.41) is 16.8. The number of unbranched alkanes of at least 4 members (excludes halogenated alkanes) is 3. The van der Waals surface area contributed by atoms with Crippen LogP contribution >= 0.6 is 0 Å². The van der Waals surface area contributed by atoms with E-state index in [0.29, 0.717) is 19.3 Å². The Morgan fingerprint density at radius 3 is 2.00 bits per heavy atom. The van der Waals surface area contributed by atoms with Crippen molar-refractivity contribution in [1.29, 1.82) is 0 Å². The number of benzene rings is 2. The molecular weight excluding hydrogens is 342 g/mol. The van der Waals surface area contributed by atoms with Crippen LogP contribution in [0.1, 0.15) is 44.1 Å². The number of nitrogens with one attached hydrogen (secondary N) is 1. The van der Waals surface area contributed by atoms with Crippen LogP contribution in [-0.2, 0) is 16.0 Å². The van der Waals surface area contributed by atoms with E-state index in [1.807, 2.05) is 54.6 Å². The summed E-state index contributed by atoms with van der Waals surface area (Å²) in [5.74, 6) is -0.153. The molecule has 27 heavy (non-hydrogen) atoms. The Balaban J connectivity index is 1.67. The molecule has 0 aliphatic heterocycles. The van der Waals surface area contributed by atoms with Crippen molar-refractivity contribution in [3.8, 4) is 0 Å². The molecule has 1 amide bonds. The van der Waals surface area contributed by atoms with E-state index in [-0.39, 0.29) is 11.7 Å². The van der Waals surface area contributed by atoms with Gasteiger partial charge < -0.3 is 0 Å². The van der Waals surface area contributed by atoms with Crippen LogP contribution in [0.2, 0.25) is 0 Å². The molecule has 2 N–H and O–H groups in total. The number of hydrogen-bond acceptors (Lipinski definition) is 5. The maximum Gasteiger partial charge on any atom is 0.243 e. The number of amides is 1. The van der Waals surface area contributed by atoms with Gasteiger partial charge in [-0.05, 0) is 42.7 Å². The summed E-state index contributed by atoms with van der Waals surface area (Å²) >= 11 is 0. The van der Waals surface area contributed by atoms with Crippen molar-refractivity contribution in [2.24, 2.45) is 10.2 Å². The van der Waals surface area contributed by atoms with Crippen molar-refractivity contribution in [2.75, 3.05) is 0 Å². The smallest absolute Gasteiger partial charge is 0.243 e. The van der Waals surface area contributed by atoms with Gasteiger partial charge in [-0.1, -0.05) is 43.2 Å². The Kier molecular flexibility index (Phi) is 8.86. The first-order chi connectivity index (χ1) is 13.2. The minimum Gasteiger partial charge on any atom is -0.299 e. The van der Waals surface area contributed by atoms with Gasteiger partial charge in [-0.3, -0.25) is 14.8 Å². The molecule has 0 aliphatic rings. The lowest BCUT2D eigenvalue weighted by Gasteiger charge is -2.03. The van der Waals surface area contributed by atoms with Crippen molar-refractivity contribution in [2.45, 2.75) is 44.9 Å². The second-order valence-corrected chi connectivity index (χ2v) is 6.37. The Morgan fingerprint density at radius 2 is 1.37 bits per heavy atom. The number of nitrogens with zero attached hydrogens (tertiary/aromatic N) is 2. The fourth-order valence-electron chi connectivity index (χ4n) is 2.62. The number of carbonyl (C=O) groups excluding carboxylic acids is 2. The van der Waals surface area contributed by atoms with Crippen LogP contribution in [0.15, 0.2) is 64.8 Å². The number of carbonyl (C=O) groups is 2. The van der Waals surface area contributed by atoms with Gasteiger partial charge >= 0.3 is 0 Å². The summed E-state index contributed by atoms with van der Waals surface area (Å²) in [6, 6.07) is 17.1. The third kappa shape index (κ3) is 8.37. The Labute approximate surface area is 159 Å². The van der Waals surface area contributed by atoms with Gasteiger partial charge in [-0.15, -0.1) is 0 Å². The molecule has 0 fully saturated rings. The molecule has 0 unspecified atom stereocenters. The first-order valence-electron chi connectivity index (χ1n) is 9.18. The molecule has 6 heteroatoms. The van der Waals surface area contributed by atoms with E-state index >= 15 is 0 Å². The topological polar surface area (TPSA) is 91.1 Å². The van der Waals surface area contributed by atoms with E-state index in [1.54, 1.807) is 5.48 Å². The third-order valence-corrected chi connectivity index (χ3v) is 4.11. The molecule has 0 radical (unpaired) electrons. The molecule has 0 spiro atoms. The lowest BCUT2D eigenvalue weighted by Crippen LogP contribution is -2.17. The number of rotatable bonds is 11. The third-order valence-electron chi connectivity index (χ3n) is 4.11. The standard InChI is InChI=1S/C21H25N3O3/c25-20(10-6-1-2-7-11-21(26)24-27)16-17-12-14-19(15-13-17)23-22-18-8-4-3-5-9-18/h3-5,8-9,12-15,27H,1-2,6-7,10-11,16H2,(H,24,26). The van der Waals surface area contributed by atoms with Crippen molar-refractivity contribution in [3.05, 3.63) is 60.2 Å². The number of azo groups is 1. The summed E-state index contributed by atoms with van der Waals surface area (Å²) in [6.45, 7) is 0. The van der Waals surface area contributed by atoms with E-state index < -0.39 is 0 Å². The van der Waals surface area contributed by atoms with Crippen LogP contribution in [0.5, 0.6) is 0 Å². The van der Waals surface area contributed by atoms with Gasteiger partial charge in [0.05, 0.1) is 11.4 Å². The highest BCUT2D eigenvalue weighted by Crippen LogP contribution is 2.19. The number of hydrogen-bond donors (Lipinski definition) is 2. The molecular formula is C21H25N3O3. The van der Waals surface area contributed by atoms with Gasteiger partial charge in [-0.25, -0.2) is 5.48 Å². The Hall–Kier alpha value is -2.86. The van der Waals surface area contributed by atoms with Crippen LogP contribution in [0.3, 0.4) is 0 Å². The molecule has 0 heterocycles. The van der Waals surface area contributed by atoms with Gasteiger partial charge in [0, 0.05) is 19.3 Å². The molecule has 2 aromatic rings. The molecule has 142 valence electrons. The average Bonchev–Trinajstić information content (AvgIpc) is 2.70. The van der Waals surface area contributed by atoms with E-state index in [0.717, 1.165) is 42.6 Å². The predicted molar refractivity (Wildman–Crippen MR) is 103 cm³/mol. The molecule has 0 saturated heterocycles. The fraction of sp³-hybridized carbons (Fsp3) is 0.333. The molecule has 6 nitrogen and oxygen atoms in total. The molecule has 0 saturated carbocycles. The average molecular weight is 367 g/mol. The van der Waals surface area contributed by atoms with Crippen molar-refractivity contribution in [1.82, 2.24) is 5.48 Å². The van der Waals surface area contributed by atoms with Crippen molar-refractivity contribution >= 4 is 23.1 Å². The van der Waals surface area contributed by atoms with Crippen LogP contribution in [0.4, 0.5) is 11.4 Å². The minimum absolute atomic E-state index is 0.210. The first-order valence-corrected chi connectivity index (χ1v) is 9.18. The Morgan fingerprint density at radius 1 is 0.778 bits per heavy atom. The van der Waals surface area contributed by atoms with Crippen molar-refractivity contribution in [3.63, 3.8) is 0 Å². The highest BCUT2D eigenvalue weighted by molar-refractivity contribution is 5.80. The maximum atomic E-state index is 12.1. The van der Waals surface area contributed by atoms with E-state index in [9.17, 15) is 9.59 Å². The zero-order chi connectivity index (χ0) is 19.3. The monoisotopic (exact) mass is 367 g/mol. The zero-order valence-corrected chi connectivity index (χ0v) is 15.3. The zero-order valence-electron chi connectivity index (χ0n) is 15.3. The van der Waals surface area contributed by atoms with Gasteiger partial charge in [0.1, 0.15) is 5.78 Å². The SMILES string of the molecule is O=C(CCCCCCC(=O)NO)Cc1ccc(N=Nc2ccccc2)cc1. The quantitative estimate of drug-likeness (QED) is 0.252. The molecule has 2 rings (SSSR count). The normalized spacial score (nSPS) is 10.9. The highest BCUT2D eigenvalue weighted by Gasteiger charge is 2.05. The van der Waals surface area contributed by atoms with Gasteiger partial charge in [0.15, 0.2) is 0 Å². The van der Waals surface area contributed by atoms with Crippen LogP contribution in [0, 0.1) is 0 Å². The lowest BCUT2D eigenvalue weighted by molar-refractivity contribution is -0.129. The molecule has 0 atom stereocenters. The summed E-state index contributed by atoms with van der Waals surface area (Å²) < 4.78 is 0. The Bertz CT molecular complexity index is 743. The van der Waals surface area contributed by atoms with Crippen LogP contribution in [-0.4, -0.2) is 16.9 Å². The summed E-state index contributed by atoms with van der Waals surface area (Å²) in [7, 11) is 0. The summed E-state index contributed by atoms with van der Waals surface area (Å²) in [6.07, 6.45) is 4.61. The predicted octanol–water partition coefficient (Wildman–Crippen LogP) is 5.06. The largest absolute Gasteiger partial charge is 0.299 e. The number of hydroxylamine groups is 1. The van der Waals surface area contributed by atoms with Crippen LogP contribution < -0.4 is 5.48 Å². The molecule has 0 aromatic heterocycles. The van der Waals surface area contributed by atoms with E-state index in [2.05, 4.69) is 10.2 Å². The first kappa shape index (κ1) is 20.5. The molecule has 2 aromatic carbocycles. The van der Waals surface area contributed by atoms with Gasteiger partial charge in [0.2, 0.25) is 5.91 Å². The molecule has 0 aliphatic carbocycles. The minimum atomic E-state index is -0.363. The maximum absolute atomic E-state index is 12.1. The van der Waals surface area contributed by atoms with Crippen molar-refractivity contribution < 1.29 is 14.8 Å². The summed E-state index contributed by atoms with van der Waals surface area (Å²) in [5.41, 5.74) is 4.14.